The number of carbonyl (C=O) groups excluding carboxylic acids is 1. The molecule has 2 rings (SSSR count). The van der Waals surface area contributed by atoms with Gasteiger partial charge in [-0.05, 0) is 38.5 Å². The van der Waals surface area contributed by atoms with E-state index in [1.165, 1.54) is 12.3 Å². The van der Waals surface area contributed by atoms with E-state index in [-0.39, 0.29) is 6.61 Å². The highest BCUT2D eigenvalue weighted by Gasteiger charge is 2.42. The van der Waals surface area contributed by atoms with Gasteiger partial charge in [-0.1, -0.05) is 6.92 Å². The predicted octanol–water partition coefficient (Wildman–Crippen LogP) is 2.39. The zero-order valence-corrected chi connectivity index (χ0v) is 16.4. The summed E-state index contributed by atoms with van der Waals surface area (Å²) < 4.78 is 16.9. The first-order chi connectivity index (χ1) is 13.4. The molecule has 0 saturated carbocycles. The predicted molar refractivity (Wildman–Crippen MR) is 103 cm³/mol. The van der Waals surface area contributed by atoms with Gasteiger partial charge in [0.1, 0.15) is 42.0 Å². The van der Waals surface area contributed by atoms with Crippen LogP contribution < -0.4 is 10.1 Å². The Kier molecular flexibility index (Phi) is 7.65. The van der Waals surface area contributed by atoms with E-state index in [4.69, 9.17) is 14.2 Å². The molecule has 0 amide bonds. The second-order valence-corrected chi connectivity index (χ2v) is 6.96. The lowest BCUT2D eigenvalue weighted by Crippen LogP contribution is -2.52. The highest BCUT2D eigenvalue weighted by atomic mass is 16.5. The molecule has 1 aromatic rings. The molecular weight excluding hydrogens is 360 g/mol. The highest BCUT2D eigenvalue weighted by molar-refractivity contribution is 5.46. The maximum Gasteiger partial charge on any atom is 0.144 e. The van der Waals surface area contributed by atoms with Crippen LogP contribution in [0.15, 0.2) is 36.3 Å². The topological polar surface area (TPSA) is 101 Å². The minimum absolute atomic E-state index is 0.101. The highest BCUT2D eigenvalue weighted by Crippen LogP contribution is 2.40. The van der Waals surface area contributed by atoms with Gasteiger partial charge in [-0.15, -0.1) is 0 Å². The molecule has 1 aromatic carbocycles. The van der Waals surface area contributed by atoms with Crippen LogP contribution in [0.25, 0.3) is 0 Å². The summed E-state index contributed by atoms with van der Waals surface area (Å²) in [4.78, 5) is 10.2. The molecule has 0 aromatic heterocycles. The van der Waals surface area contributed by atoms with Gasteiger partial charge in [-0.3, -0.25) is 0 Å². The Labute approximate surface area is 165 Å². The summed E-state index contributed by atoms with van der Waals surface area (Å²) in [5.74, 6) is 2.81. The van der Waals surface area contributed by atoms with Crippen molar-refractivity contribution in [2.75, 3.05) is 19.8 Å². The van der Waals surface area contributed by atoms with Gasteiger partial charge in [-0.25, -0.2) is 4.79 Å². The largest absolute Gasteiger partial charge is 0.493 e. The average molecular weight is 386 g/mol. The fourth-order valence-corrected chi connectivity index (χ4v) is 2.88. The summed E-state index contributed by atoms with van der Waals surface area (Å²) in [6.07, 6.45) is 2.65. The van der Waals surface area contributed by atoms with Gasteiger partial charge < -0.3 is 24.6 Å². The molecule has 28 heavy (non-hydrogen) atoms. The normalized spacial score (nSPS) is 20.2. The Hall–Kier alpha value is -2.78. The van der Waals surface area contributed by atoms with Crippen molar-refractivity contribution in [3.05, 3.63) is 47.4 Å². The molecule has 0 saturated heterocycles. The molecule has 1 heterocycles. The molecule has 0 unspecified atom stereocenters. The lowest BCUT2D eigenvalue weighted by Gasteiger charge is -2.42. The van der Waals surface area contributed by atoms with Crippen molar-refractivity contribution < 1.29 is 24.1 Å². The summed E-state index contributed by atoms with van der Waals surface area (Å²) >= 11 is 0. The molecule has 150 valence electrons. The average Bonchev–Trinajstić information content (AvgIpc) is 2.68. The van der Waals surface area contributed by atoms with Crippen molar-refractivity contribution in [3.63, 3.8) is 0 Å². The summed E-state index contributed by atoms with van der Waals surface area (Å²) in [6.45, 7) is 6.52. The summed E-state index contributed by atoms with van der Waals surface area (Å²) in [5.41, 5.74) is 0.395. The lowest BCUT2D eigenvalue weighted by molar-refractivity contribution is -0.0646. The molecule has 0 aliphatic carbocycles. The van der Waals surface area contributed by atoms with Crippen LogP contribution in [0.4, 0.5) is 0 Å². The third kappa shape index (κ3) is 5.37. The molecule has 0 bridgehead atoms. The van der Waals surface area contributed by atoms with E-state index < -0.39 is 17.7 Å². The molecule has 2 atom stereocenters. The maximum absolute atomic E-state index is 10.8. The number of nitriles is 1. The van der Waals surface area contributed by atoms with Crippen LogP contribution in [-0.4, -0.2) is 42.5 Å². The van der Waals surface area contributed by atoms with Crippen molar-refractivity contribution in [3.8, 4) is 11.8 Å². The van der Waals surface area contributed by atoms with Gasteiger partial charge in [0.25, 0.3) is 0 Å². The Bertz CT molecular complexity index is 790. The van der Waals surface area contributed by atoms with Crippen molar-refractivity contribution in [2.45, 2.75) is 44.9 Å². The van der Waals surface area contributed by atoms with E-state index in [0.717, 1.165) is 6.42 Å². The number of benzene rings is 1. The third-order valence-corrected chi connectivity index (χ3v) is 4.34. The number of aliphatic hydroxyl groups is 1. The standard InChI is InChI=1S/C21H26N2O5/c1-4-9-27-16(14-26-10-5-8-24)13-23-19-17-11-15(12-22)6-7-18(17)28-21(2,3)20(19)25/h5-7,11,14,19-20,23,25H,4,9-10,13H2,1-3H3/t19-,20+/m0/s1. The van der Waals surface area contributed by atoms with Gasteiger partial charge in [0, 0.05) is 11.6 Å². The molecule has 7 nitrogen and oxygen atoms in total. The Morgan fingerprint density at radius 1 is 1.46 bits per heavy atom. The van der Waals surface area contributed by atoms with Gasteiger partial charge in [0.05, 0.1) is 30.8 Å². The Morgan fingerprint density at radius 2 is 2.25 bits per heavy atom. The quantitative estimate of drug-likeness (QED) is 0.382. The number of fused-ring (bicyclic) bond motifs is 1. The molecular formula is C21H26N2O5. The van der Waals surface area contributed by atoms with Crippen molar-refractivity contribution >= 4 is 5.94 Å². The Balaban J connectivity index is 2.21. The molecule has 2 N–H and O–H groups in total. The van der Waals surface area contributed by atoms with Crippen LogP contribution >= 0.6 is 0 Å². The number of hydrogen-bond acceptors (Lipinski definition) is 7. The summed E-state index contributed by atoms with van der Waals surface area (Å²) in [6, 6.07) is 6.80. The second kappa shape index (κ2) is 9.95. The molecule has 7 heteroatoms. The third-order valence-electron chi connectivity index (χ3n) is 4.34. The van der Waals surface area contributed by atoms with Crippen molar-refractivity contribution in [2.24, 2.45) is 0 Å². The van der Waals surface area contributed by atoms with Crippen LogP contribution in [0.3, 0.4) is 0 Å². The first-order valence-electron chi connectivity index (χ1n) is 9.20. The zero-order chi connectivity index (χ0) is 20.6. The van der Waals surface area contributed by atoms with E-state index in [9.17, 15) is 15.2 Å². The fourth-order valence-electron chi connectivity index (χ4n) is 2.88. The second-order valence-electron chi connectivity index (χ2n) is 6.96. The van der Waals surface area contributed by atoms with E-state index in [2.05, 4.69) is 11.4 Å². The molecule has 0 spiro atoms. The number of nitrogens with one attached hydrogen (secondary N) is 1. The van der Waals surface area contributed by atoms with Gasteiger partial charge in [-0.2, -0.15) is 5.26 Å². The fraction of sp³-hybridized carbons (Fsp3) is 0.476. The van der Waals surface area contributed by atoms with E-state index >= 15 is 0 Å². The van der Waals surface area contributed by atoms with Crippen molar-refractivity contribution in [1.82, 2.24) is 5.32 Å². The SMILES string of the molecule is CCCOC(=COCC=C=O)CN[C@H]1c2cc(C#N)ccc2OC(C)(C)[C@@H]1O. The number of aliphatic hydroxyl groups excluding tert-OH is 1. The van der Waals surface area contributed by atoms with E-state index in [0.29, 0.717) is 35.8 Å². The van der Waals surface area contributed by atoms with Crippen LogP contribution in [0, 0.1) is 11.3 Å². The maximum atomic E-state index is 10.8. The minimum Gasteiger partial charge on any atom is -0.493 e. The first kappa shape index (κ1) is 21.5. The summed E-state index contributed by atoms with van der Waals surface area (Å²) in [5, 5.41) is 23.3. The number of hydrogen-bond donors (Lipinski definition) is 2. The molecule has 1 aliphatic rings. The van der Waals surface area contributed by atoms with E-state index in [1.54, 1.807) is 24.1 Å². The molecule has 0 radical (unpaired) electrons. The van der Waals surface area contributed by atoms with Gasteiger partial charge >= 0.3 is 0 Å². The molecule has 1 aliphatic heterocycles. The Morgan fingerprint density at radius 3 is 2.93 bits per heavy atom. The minimum atomic E-state index is -0.847. The summed E-state index contributed by atoms with van der Waals surface area (Å²) in [7, 11) is 0. The zero-order valence-electron chi connectivity index (χ0n) is 16.4. The molecule has 0 fully saturated rings. The smallest absolute Gasteiger partial charge is 0.144 e. The van der Waals surface area contributed by atoms with Crippen LogP contribution in [0.5, 0.6) is 5.75 Å². The van der Waals surface area contributed by atoms with Crippen LogP contribution in [-0.2, 0) is 14.3 Å². The van der Waals surface area contributed by atoms with Gasteiger partial charge in [0.2, 0.25) is 0 Å². The van der Waals surface area contributed by atoms with Crippen LogP contribution in [0.2, 0.25) is 0 Å². The van der Waals surface area contributed by atoms with E-state index in [1.807, 2.05) is 20.8 Å². The van der Waals surface area contributed by atoms with Crippen molar-refractivity contribution in [1.29, 1.82) is 5.26 Å². The number of nitrogens with zero attached hydrogens (tertiary/aromatic N) is 1. The van der Waals surface area contributed by atoms with Crippen LogP contribution in [0.1, 0.15) is 44.4 Å². The monoisotopic (exact) mass is 386 g/mol. The number of rotatable bonds is 9. The van der Waals surface area contributed by atoms with Gasteiger partial charge in [0.15, 0.2) is 0 Å². The number of ether oxygens (including phenoxy) is 3. The first-order valence-corrected chi connectivity index (χ1v) is 9.20. The lowest BCUT2D eigenvalue weighted by atomic mass is 9.86.